The third kappa shape index (κ3) is 3.25. The van der Waals surface area contributed by atoms with E-state index in [9.17, 15) is 0 Å². The van der Waals surface area contributed by atoms with E-state index >= 15 is 0 Å². The van der Waals surface area contributed by atoms with Gasteiger partial charge in [-0.05, 0) is 42.8 Å². The topological polar surface area (TPSA) is 46.5 Å². The Hall–Kier alpha value is -2.27. The molecule has 5 heteroatoms. The standard InChI is InChI=1S/C16H16N4S/c21-16-19-18-15(14-10-4-5-11-17-14)20(16)12-6-9-13-7-2-1-3-8-13/h1-5,7-8,10-11H,6,9,12H2,(H,19,21). The fourth-order valence-corrected chi connectivity index (χ4v) is 2.53. The molecule has 21 heavy (non-hydrogen) atoms. The van der Waals surface area contributed by atoms with Crippen LogP contribution in [0.25, 0.3) is 11.5 Å². The summed E-state index contributed by atoms with van der Waals surface area (Å²) >= 11 is 5.32. The van der Waals surface area contributed by atoms with Gasteiger partial charge in [0, 0.05) is 12.7 Å². The van der Waals surface area contributed by atoms with E-state index in [0.717, 1.165) is 30.9 Å². The van der Waals surface area contributed by atoms with Crippen LogP contribution in [0.15, 0.2) is 54.7 Å². The first kappa shape index (κ1) is 13.7. The van der Waals surface area contributed by atoms with Gasteiger partial charge in [0.15, 0.2) is 10.6 Å². The van der Waals surface area contributed by atoms with Crippen molar-refractivity contribution in [2.45, 2.75) is 19.4 Å². The van der Waals surface area contributed by atoms with Crippen LogP contribution >= 0.6 is 12.2 Å². The van der Waals surface area contributed by atoms with E-state index in [0.29, 0.717) is 4.77 Å². The van der Waals surface area contributed by atoms with Crippen molar-refractivity contribution in [3.05, 3.63) is 65.1 Å². The molecule has 0 spiro atoms. The molecule has 0 radical (unpaired) electrons. The lowest BCUT2D eigenvalue weighted by Crippen LogP contribution is -2.03. The maximum Gasteiger partial charge on any atom is 0.195 e. The molecule has 2 aromatic heterocycles. The predicted molar refractivity (Wildman–Crippen MR) is 85.4 cm³/mol. The molecule has 0 aliphatic heterocycles. The lowest BCUT2D eigenvalue weighted by molar-refractivity contribution is 0.638. The van der Waals surface area contributed by atoms with Crippen molar-refractivity contribution in [1.82, 2.24) is 19.7 Å². The maximum absolute atomic E-state index is 5.32. The number of aromatic nitrogens is 4. The van der Waals surface area contributed by atoms with Crippen molar-refractivity contribution >= 4 is 12.2 Å². The highest BCUT2D eigenvalue weighted by atomic mass is 32.1. The number of nitrogens with zero attached hydrogens (tertiary/aromatic N) is 3. The van der Waals surface area contributed by atoms with Crippen LogP contribution in [0.4, 0.5) is 0 Å². The summed E-state index contributed by atoms with van der Waals surface area (Å²) in [5.74, 6) is 0.800. The minimum atomic E-state index is 0.642. The summed E-state index contributed by atoms with van der Waals surface area (Å²) in [6.07, 6.45) is 3.80. The largest absolute Gasteiger partial charge is 0.299 e. The Morgan fingerprint density at radius 1 is 1.05 bits per heavy atom. The summed E-state index contributed by atoms with van der Waals surface area (Å²) < 4.78 is 2.66. The number of hydrogen-bond acceptors (Lipinski definition) is 3. The van der Waals surface area contributed by atoms with Gasteiger partial charge in [0.25, 0.3) is 0 Å². The molecule has 2 heterocycles. The molecule has 0 saturated heterocycles. The zero-order valence-corrected chi connectivity index (χ0v) is 12.4. The normalized spacial score (nSPS) is 10.7. The minimum Gasteiger partial charge on any atom is -0.299 e. The van der Waals surface area contributed by atoms with Crippen LogP contribution in [0, 0.1) is 4.77 Å². The van der Waals surface area contributed by atoms with Gasteiger partial charge in [0.1, 0.15) is 5.69 Å². The van der Waals surface area contributed by atoms with Crippen LogP contribution in [0.2, 0.25) is 0 Å². The highest BCUT2D eigenvalue weighted by Gasteiger charge is 2.09. The number of pyridine rings is 1. The third-order valence-electron chi connectivity index (χ3n) is 3.34. The summed E-state index contributed by atoms with van der Waals surface area (Å²) in [5, 5.41) is 7.16. The van der Waals surface area contributed by atoms with Gasteiger partial charge < -0.3 is 0 Å². The van der Waals surface area contributed by atoms with E-state index in [4.69, 9.17) is 12.2 Å². The Kier molecular flexibility index (Phi) is 4.21. The van der Waals surface area contributed by atoms with E-state index in [-0.39, 0.29) is 0 Å². The monoisotopic (exact) mass is 296 g/mol. The van der Waals surface area contributed by atoms with Crippen LogP contribution in [-0.4, -0.2) is 19.7 Å². The second-order valence-electron chi connectivity index (χ2n) is 4.81. The molecule has 1 N–H and O–H groups in total. The van der Waals surface area contributed by atoms with Crippen LogP contribution in [0.5, 0.6) is 0 Å². The van der Waals surface area contributed by atoms with E-state index in [1.165, 1.54) is 5.56 Å². The molecular formula is C16H16N4S. The second-order valence-corrected chi connectivity index (χ2v) is 5.19. The molecule has 0 fully saturated rings. The van der Waals surface area contributed by atoms with Gasteiger partial charge in [-0.1, -0.05) is 36.4 Å². The summed E-state index contributed by atoms with van der Waals surface area (Å²) in [4.78, 5) is 4.34. The molecule has 3 rings (SSSR count). The SMILES string of the molecule is S=c1[nH]nc(-c2ccccn2)n1CCCc1ccccc1. The Labute approximate surface area is 128 Å². The predicted octanol–water partition coefficient (Wildman–Crippen LogP) is 3.64. The second kappa shape index (κ2) is 6.45. The number of benzene rings is 1. The van der Waals surface area contributed by atoms with Gasteiger partial charge in [-0.25, -0.2) is 0 Å². The molecule has 0 aliphatic rings. The molecule has 0 unspecified atom stereocenters. The van der Waals surface area contributed by atoms with Crippen molar-refractivity contribution in [2.75, 3.05) is 0 Å². The van der Waals surface area contributed by atoms with E-state index in [1.807, 2.05) is 28.8 Å². The number of aryl methyl sites for hydroxylation is 1. The molecule has 0 amide bonds. The van der Waals surface area contributed by atoms with Gasteiger partial charge in [-0.3, -0.25) is 14.6 Å². The first-order chi connectivity index (χ1) is 10.3. The van der Waals surface area contributed by atoms with E-state index in [2.05, 4.69) is 39.4 Å². The summed E-state index contributed by atoms with van der Waals surface area (Å²) in [7, 11) is 0. The molecule has 0 atom stereocenters. The fourth-order valence-electron chi connectivity index (χ4n) is 2.30. The zero-order valence-electron chi connectivity index (χ0n) is 11.6. The first-order valence-corrected chi connectivity index (χ1v) is 7.36. The summed E-state index contributed by atoms with van der Waals surface area (Å²) in [6, 6.07) is 16.3. The van der Waals surface area contributed by atoms with Gasteiger partial charge in [0.2, 0.25) is 0 Å². The molecule has 0 aliphatic carbocycles. The Bertz CT molecular complexity index is 747. The smallest absolute Gasteiger partial charge is 0.195 e. The van der Waals surface area contributed by atoms with Gasteiger partial charge in [0.05, 0.1) is 0 Å². The Morgan fingerprint density at radius 2 is 1.86 bits per heavy atom. The molecule has 0 saturated carbocycles. The minimum absolute atomic E-state index is 0.642. The number of hydrogen-bond donors (Lipinski definition) is 1. The summed E-state index contributed by atoms with van der Waals surface area (Å²) in [5.41, 5.74) is 2.18. The summed E-state index contributed by atoms with van der Waals surface area (Å²) in [6.45, 7) is 0.829. The number of rotatable bonds is 5. The van der Waals surface area contributed by atoms with Crippen molar-refractivity contribution in [1.29, 1.82) is 0 Å². The quantitative estimate of drug-likeness (QED) is 0.731. The number of H-pyrrole nitrogens is 1. The van der Waals surface area contributed by atoms with E-state index in [1.54, 1.807) is 6.20 Å². The maximum atomic E-state index is 5.32. The molecule has 3 aromatic rings. The highest BCUT2D eigenvalue weighted by Crippen LogP contribution is 2.15. The first-order valence-electron chi connectivity index (χ1n) is 6.95. The van der Waals surface area contributed by atoms with Crippen LogP contribution < -0.4 is 0 Å². The molecule has 0 bridgehead atoms. The Balaban J connectivity index is 1.74. The van der Waals surface area contributed by atoms with Crippen molar-refractivity contribution in [2.24, 2.45) is 0 Å². The Morgan fingerprint density at radius 3 is 2.62 bits per heavy atom. The van der Waals surface area contributed by atoms with Crippen molar-refractivity contribution < 1.29 is 0 Å². The van der Waals surface area contributed by atoms with E-state index < -0.39 is 0 Å². The van der Waals surface area contributed by atoms with Crippen molar-refractivity contribution in [3.8, 4) is 11.5 Å². The lowest BCUT2D eigenvalue weighted by atomic mass is 10.1. The van der Waals surface area contributed by atoms with Crippen LogP contribution in [0.1, 0.15) is 12.0 Å². The molecule has 106 valence electrons. The lowest BCUT2D eigenvalue weighted by Gasteiger charge is -2.06. The van der Waals surface area contributed by atoms with Crippen molar-refractivity contribution in [3.63, 3.8) is 0 Å². The zero-order chi connectivity index (χ0) is 14.5. The number of nitrogens with one attached hydrogen (secondary N) is 1. The van der Waals surface area contributed by atoms with Gasteiger partial charge in [-0.2, -0.15) is 5.10 Å². The average Bonchev–Trinajstić information content (AvgIpc) is 2.91. The fraction of sp³-hybridized carbons (Fsp3) is 0.188. The molecule has 4 nitrogen and oxygen atoms in total. The van der Waals surface area contributed by atoms with Gasteiger partial charge in [-0.15, -0.1) is 0 Å². The van der Waals surface area contributed by atoms with Gasteiger partial charge >= 0.3 is 0 Å². The number of aromatic amines is 1. The van der Waals surface area contributed by atoms with Crippen LogP contribution in [0.3, 0.4) is 0 Å². The van der Waals surface area contributed by atoms with Crippen LogP contribution in [-0.2, 0) is 13.0 Å². The molecular weight excluding hydrogens is 280 g/mol. The average molecular weight is 296 g/mol. The third-order valence-corrected chi connectivity index (χ3v) is 3.65. The highest BCUT2D eigenvalue weighted by molar-refractivity contribution is 7.71. The molecule has 1 aromatic carbocycles.